The summed E-state index contributed by atoms with van der Waals surface area (Å²) in [7, 11) is 3.50. The van der Waals surface area contributed by atoms with E-state index in [-0.39, 0.29) is 11.6 Å². The number of aromatic amines is 1. The predicted molar refractivity (Wildman–Crippen MR) is 117 cm³/mol. The summed E-state index contributed by atoms with van der Waals surface area (Å²) in [5.74, 6) is 0.528. The Morgan fingerprint density at radius 1 is 1.24 bits per heavy atom. The van der Waals surface area contributed by atoms with E-state index in [0.29, 0.717) is 21.9 Å². The number of nitrogens with zero attached hydrogens (tertiary/aromatic N) is 2. The number of pyridine rings is 1. The van der Waals surface area contributed by atoms with E-state index in [2.05, 4.69) is 15.3 Å². The van der Waals surface area contributed by atoms with Crippen LogP contribution in [0.5, 0.6) is 5.75 Å². The van der Waals surface area contributed by atoms with Crippen LogP contribution < -0.4 is 15.6 Å². The molecule has 0 fully saturated rings. The minimum Gasteiger partial charge on any atom is -0.495 e. The van der Waals surface area contributed by atoms with Gasteiger partial charge >= 0.3 is 0 Å². The summed E-state index contributed by atoms with van der Waals surface area (Å²) >= 11 is 6.24. The number of ether oxygens (including phenoxy) is 1. The Morgan fingerprint density at radius 3 is 2.79 bits per heavy atom. The maximum atomic E-state index is 12.7. The summed E-state index contributed by atoms with van der Waals surface area (Å²) in [6, 6.07) is 13.2. The third kappa shape index (κ3) is 3.71. The summed E-state index contributed by atoms with van der Waals surface area (Å²) in [4.78, 5) is 19.8. The first kappa shape index (κ1) is 19.1. The molecule has 0 saturated heterocycles. The second-order valence-electron chi connectivity index (χ2n) is 6.96. The van der Waals surface area contributed by atoms with Gasteiger partial charge in [0, 0.05) is 35.3 Å². The zero-order valence-electron chi connectivity index (χ0n) is 16.4. The molecule has 148 valence electrons. The van der Waals surface area contributed by atoms with Gasteiger partial charge in [0.15, 0.2) is 0 Å². The van der Waals surface area contributed by atoms with Gasteiger partial charge in [0.05, 0.1) is 41.9 Å². The van der Waals surface area contributed by atoms with E-state index < -0.39 is 0 Å². The molecule has 0 aliphatic carbocycles. The minimum absolute atomic E-state index is 0.148. The molecule has 0 unspecified atom stereocenters. The Balaban J connectivity index is 1.66. The molecule has 29 heavy (non-hydrogen) atoms. The number of benzene rings is 2. The van der Waals surface area contributed by atoms with Crippen LogP contribution in [-0.4, -0.2) is 21.6 Å². The van der Waals surface area contributed by atoms with Crippen LogP contribution >= 0.6 is 11.6 Å². The van der Waals surface area contributed by atoms with E-state index in [1.54, 1.807) is 25.6 Å². The Morgan fingerprint density at radius 2 is 2.07 bits per heavy atom. The van der Waals surface area contributed by atoms with Crippen molar-refractivity contribution in [3.8, 4) is 17.0 Å². The van der Waals surface area contributed by atoms with E-state index in [0.717, 1.165) is 22.3 Å². The topological polar surface area (TPSA) is 71.9 Å². The third-order valence-electron chi connectivity index (χ3n) is 4.97. The Labute approximate surface area is 173 Å². The van der Waals surface area contributed by atoms with Gasteiger partial charge < -0.3 is 19.6 Å². The van der Waals surface area contributed by atoms with Crippen molar-refractivity contribution in [2.24, 2.45) is 7.05 Å². The highest BCUT2D eigenvalue weighted by atomic mass is 35.5. The lowest BCUT2D eigenvalue weighted by Crippen LogP contribution is -2.19. The molecular weight excluding hydrogens is 388 g/mol. The number of H-pyrrole nitrogens is 1. The van der Waals surface area contributed by atoms with Gasteiger partial charge in [-0.25, -0.2) is 4.98 Å². The molecule has 6 nitrogen and oxygen atoms in total. The van der Waals surface area contributed by atoms with Gasteiger partial charge in [-0.1, -0.05) is 23.7 Å². The Kier molecular flexibility index (Phi) is 5.03. The average molecular weight is 409 g/mol. The first-order valence-electron chi connectivity index (χ1n) is 9.20. The van der Waals surface area contributed by atoms with Crippen molar-refractivity contribution in [3.05, 3.63) is 75.9 Å². The van der Waals surface area contributed by atoms with E-state index in [4.69, 9.17) is 16.3 Å². The molecule has 0 spiro atoms. The molecule has 0 radical (unpaired) electrons. The molecule has 0 aliphatic heterocycles. The molecule has 0 bridgehead atoms. The zero-order valence-corrected chi connectivity index (χ0v) is 17.1. The van der Waals surface area contributed by atoms with Gasteiger partial charge in [0.1, 0.15) is 5.75 Å². The number of imidazole rings is 1. The highest BCUT2D eigenvalue weighted by Crippen LogP contribution is 2.30. The number of halogens is 1. The van der Waals surface area contributed by atoms with E-state index in [1.807, 2.05) is 55.1 Å². The maximum absolute atomic E-state index is 12.7. The number of hydrogen-bond acceptors (Lipinski definition) is 4. The van der Waals surface area contributed by atoms with Crippen LogP contribution in [0.4, 0.5) is 5.69 Å². The summed E-state index contributed by atoms with van der Waals surface area (Å²) in [6.45, 7) is 1.96. The number of nitrogens with one attached hydrogen (secondary N) is 2. The summed E-state index contributed by atoms with van der Waals surface area (Å²) in [5, 5.41) is 4.77. The lowest BCUT2D eigenvalue weighted by molar-refractivity contribution is 0.415. The maximum Gasteiger partial charge on any atom is 0.253 e. The molecule has 7 heteroatoms. The van der Waals surface area contributed by atoms with E-state index in [1.165, 1.54) is 0 Å². The van der Waals surface area contributed by atoms with Crippen molar-refractivity contribution in [1.82, 2.24) is 14.5 Å². The van der Waals surface area contributed by atoms with Crippen molar-refractivity contribution in [2.45, 2.75) is 13.0 Å². The number of rotatable bonds is 5. The highest BCUT2D eigenvalue weighted by molar-refractivity contribution is 6.32. The van der Waals surface area contributed by atoms with Crippen LogP contribution in [0, 0.1) is 0 Å². The fourth-order valence-electron chi connectivity index (χ4n) is 3.43. The molecule has 2 N–H and O–H groups in total. The van der Waals surface area contributed by atoms with Crippen LogP contribution in [0.1, 0.15) is 18.5 Å². The number of fused-ring (bicyclic) bond motifs is 1. The smallest absolute Gasteiger partial charge is 0.253 e. The molecule has 0 amide bonds. The molecule has 1 atom stereocenters. The normalized spacial score (nSPS) is 12.1. The third-order valence-corrected chi connectivity index (χ3v) is 5.27. The Bertz CT molecular complexity index is 1250. The van der Waals surface area contributed by atoms with Gasteiger partial charge in [0.2, 0.25) is 0 Å². The van der Waals surface area contributed by atoms with E-state index in [9.17, 15) is 4.79 Å². The number of anilines is 1. The van der Waals surface area contributed by atoms with Gasteiger partial charge in [-0.05, 0) is 31.2 Å². The number of hydrogen-bond donors (Lipinski definition) is 2. The molecule has 2 aromatic heterocycles. The number of methoxy groups -OCH3 is 1. The van der Waals surface area contributed by atoms with Crippen LogP contribution in [0.25, 0.3) is 22.2 Å². The van der Waals surface area contributed by atoms with Gasteiger partial charge in [-0.3, -0.25) is 4.79 Å². The van der Waals surface area contributed by atoms with Crippen LogP contribution in [0.2, 0.25) is 5.02 Å². The lowest BCUT2D eigenvalue weighted by Gasteiger charge is -2.17. The fraction of sp³-hybridized carbons (Fsp3) is 0.182. The van der Waals surface area contributed by atoms with E-state index >= 15 is 0 Å². The fourth-order valence-corrected chi connectivity index (χ4v) is 3.68. The summed E-state index contributed by atoms with van der Waals surface area (Å²) in [5.41, 5.74) is 4.16. The van der Waals surface area contributed by atoms with Gasteiger partial charge in [-0.15, -0.1) is 0 Å². The zero-order chi connectivity index (χ0) is 20.5. The summed E-state index contributed by atoms with van der Waals surface area (Å²) in [6.07, 6.45) is 3.60. The standard InChI is InChI=1S/C22H21ClN4O2/c1-13(25-16-6-4-5-14(7-16)20-11-24-12-27(20)2)17-8-15-9-18(23)21(29-3)10-19(15)26-22(17)28/h4-13,25H,1-3H3,(H,26,28)/t13-/m0/s1. The lowest BCUT2D eigenvalue weighted by atomic mass is 10.1. The second-order valence-corrected chi connectivity index (χ2v) is 7.37. The van der Waals surface area contributed by atoms with Crippen molar-refractivity contribution < 1.29 is 4.74 Å². The van der Waals surface area contributed by atoms with Crippen molar-refractivity contribution >= 4 is 28.2 Å². The van der Waals surface area contributed by atoms with Crippen molar-refractivity contribution in [3.63, 3.8) is 0 Å². The largest absolute Gasteiger partial charge is 0.495 e. The quantitative estimate of drug-likeness (QED) is 0.499. The van der Waals surface area contributed by atoms with Crippen LogP contribution in [0.3, 0.4) is 0 Å². The first-order chi connectivity index (χ1) is 14.0. The van der Waals surface area contributed by atoms with Crippen molar-refractivity contribution in [2.75, 3.05) is 12.4 Å². The van der Waals surface area contributed by atoms with Crippen LogP contribution in [0.15, 0.2) is 59.8 Å². The number of aryl methyl sites for hydroxylation is 1. The molecule has 4 aromatic rings. The average Bonchev–Trinajstić information content (AvgIpc) is 3.13. The van der Waals surface area contributed by atoms with Crippen molar-refractivity contribution in [1.29, 1.82) is 0 Å². The summed E-state index contributed by atoms with van der Waals surface area (Å²) < 4.78 is 7.19. The predicted octanol–water partition coefficient (Wildman–Crippen LogP) is 4.76. The molecule has 2 heterocycles. The van der Waals surface area contributed by atoms with Gasteiger partial charge in [-0.2, -0.15) is 0 Å². The second kappa shape index (κ2) is 7.64. The highest BCUT2D eigenvalue weighted by Gasteiger charge is 2.13. The molecule has 0 saturated carbocycles. The molecule has 0 aliphatic rings. The molecule has 4 rings (SSSR count). The Hall–Kier alpha value is -3.25. The minimum atomic E-state index is -0.203. The number of aromatic nitrogens is 3. The van der Waals surface area contributed by atoms with Gasteiger partial charge in [0.25, 0.3) is 5.56 Å². The van der Waals surface area contributed by atoms with Crippen LogP contribution in [-0.2, 0) is 7.05 Å². The molecule has 2 aromatic carbocycles. The SMILES string of the molecule is COc1cc2[nH]c(=O)c([C@H](C)Nc3cccc(-c4cncn4C)c3)cc2cc1Cl. The monoisotopic (exact) mass is 408 g/mol. The first-order valence-corrected chi connectivity index (χ1v) is 9.58. The molecular formula is C22H21ClN4O2.